The summed E-state index contributed by atoms with van der Waals surface area (Å²) in [5, 5.41) is 11.9. The van der Waals surface area contributed by atoms with Gasteiger partial charge in [-0.3, -0.25) is 14.4 Å². The van der Waals surface area contributed by atoms with E-state index in [1.165, 1.54) is 11.3 Å². The number of anilines is 1. The lowest BCUT2D eigenvalue weighted by Crippen LogP contribution is -2.16. The summed E-state index contributed by atoms with van der Waals surface area (Å²) in [5.41, 5.74) is 2.11. The van der Waals surface area contributed by atoms with Gasteiger partial charge in [-0.25, -0.2) is 0 Å². The first-order chi connectivity index (χ1) is 11.9. The van der Waals surface area contributed by atoms with Crippen LogP contribution in [0, 0.1) is 6.92 Å². The number of carbonyl (C=O) groups is 3. The van der Waals surface area contributed by atoms with Crippen LogP contribution in [0.3, 0.4) is 0 Å². The van der Waals surface area contributed by atoms with Crippen molar-refractivity contribution in [2.24, 2.45) is 0 Å². The van der Waals surface area contributed by atoms with E-state index < -0.39 is 5.97 Å². The SMILES string of the molecule is CCc1cc(C(=O)c2ccc(C)cc2)c(NC(=O)CSCC(=O)O)s1. The van der Waals surface area contributed by atoms with E-state index in [1.807, 2.05) is 32.0 Å². The van der Waals surface area contributed by atoms with Crippen molar-refractivity contribution in [3.05, 3.63) is 51.9 Å². The van der Waals surface area contributed by atoms with Gasteiger partial charge >= 0.3 is 5.97 Å². The number of rotatable bonds is 8. The number of carboxylic acid groups (broad SMARTS) is 1. The van der Waals surface area contributed by atoms with Crippen LogP contribution >= 0.6 is 23.1 Å². The van der Waals surface area contributed by atoms with E-state index in [0.29, 0.717) is 16.1 Å². The first-order valence-electron chi connectivity index (χ1n) is 7.74. The van der Waals surface area contributed by atoms with Crippen LogP contribution in [0.1, 0.15) is 33.3 Å². The summed E-state index contributed by atoms with van der Waals surface area (Å²) in [7, 11) is 0. The number of thiophene rings is 1. The van der Waals surface area contributed by atoms with Crippen LogP contribution in [0.2, 0.25) is 0 Å². The molecule has 25 heavy (non-hydrogen) atoms. The van der Waals surface area contributed by atoms with Crippen molar-refractivity contribution in [2.75, 3.05) is 16.8 Å². The average Bonchev–Trinajstić information content (AvgIpc) is 2.97. The third kappa shape index (κ3) is 5.44. The zero-order chi connectivity index (χ0) is 18.4. The molecule has 0 radical (unpaired) electrons. The van der Waals surface area contributed by atoms with Crippen LogP contribution in [-0.2, 0) is 16.0 Å². The van der Waals surface area contributed by atoms with Crippen LogP contribution in [0.15, 0.2) is 30.3 Å². The second-order valence-electron chi connectivity index (χ2n) is 5.44. The van der Waals surface area contributed by atoms with Crippen LogP contribution in [-0.4, -0.2) is 34.3 Å². The third-order valence-electron chi connectivity index (χ3n) is 3.40. The summed E-state index contributed by atoms with van der Waals surface area (Å²) in [5.74, 6) is -1.51. The van der Waals surface area contributed by atoms with E-state index in [0.717, 1.165) is 28.6 Å². The Morgan fingerprint density at radius 2 is 1.84 bits per heavy atom. The third-order valence-corrected chi connectivity index (χ3v) is 5.51. The number of aliphatic carboxylic acids is 1. The number of aryl methyl sites for hydroxylation is 2. The molecule has 0 atom stereocenters. The summed E-state index contributed by atoms with van der Waals surface area (Å²) in [6.07, 6.45) is 0.766. The van der Waals surface area contributed by atoms with Crippen molar-refractivity contribution >= 4 is 45.8 Å². The minimum Gasteiger partial charge on any atom is -0.481 e. The average molecular weight is 377 g/mol. The zero-order valence-electron chi connectivity index (χ0n) is 14.0. The Hall–Kier alpha value is -2.12. The number of amides is 1. The number of hydrogen-bond donors (Lipinski definition) is 2. The molecule has 7 heteroatoms. The molecule has 0 aliphatic heterocycles. The van der Waals surface area contributed by atoms with Gasteiger partial charge < -0.3 is 10.4 Å². The summed E-state index contributed by atoms with van der Waals surface area (Å²) in [6, 6.07) is 9.11. The smallest absolute Gasteiger partial charge is 0.313 e. The second kappa shape index (κ2) is 8.82. The maximum atomic E-state index is 12.8. The molecule has 0 aliphatic rings. The van der Waals surface area contributed by atoms with E-state index in [-0.39, 0.29) is 23.2 Å². The van der Waals surface area contributed by atoms with Crippen molar-refractivity contribution in [1.29, 1.82) is 0 Å². The Morgan fingerprint density at radius 3 is 2.44 bits per heavy atom. The van der Waals surface area contributed by atoms with Gasteiger partial charge in [0.25, 0.3) is 0 Å². The number of hydrogen-bond acceptors (Lipinski definition) is 5. The molecule has 132 valence electrons. The highest BCUT2D eigenvalue weighted by atomic mass is 32.2. The largest absolute Gasteiger partial charge is 0.481 e. The molecule has 2 N–H and O–H groups in total. The highest BCUT2D eigenvalue weighted by Gasteiger charge is 2.19. The molecule has 2 aromatic rings. The monoisotopic (exact) mass is 377 g/mol. The molecule has 0 fully saturated rings. The van der Waals surface area contributed by atoms with E-state index >= 15 is 0 Å². The van der Waals surface area contributed by atoms with Gasteiger partial charge in [0.1, 0.15) is 5.00 Å². The van der Waals surface area contributed by atoms with Gasteiger partial charge in [0, 0.05) is 10.4 Å². The molecule has 1 aromatic heterocycles. The molecule has 1 amide bonds. The molecule has 0 saturated heterocycles. The fourth-order valence-corrected chi connectivity index (χ4v) is 3.68. The van der Waals surface area contributed by atoms with Gasteiger partial charge in [0.05, 0.1) is 17.1 Å². The van der Waals surface area contributed by atoms with Crippen LogP contribution in [0.25, 0.3) is 0 Å². The lowest BCUT2D eigenvalue weighted by Gasteiger charge is -2.06. The summed E-state index contributed by atoms with van der Waals surface area (Å²) < 4.78 is 0. The Morgan fingerprint density at radius 1 is 1.16 bits per heavy atom. The quantitative estimate of drug-likeness (QED) is 0.687. The predicted molar refractivity (Wildman–Crippen MR) is 102 cm³/mol. The van der Waals surface area contributed by atoms with Gasteiger partial charge in [-0.1, -0.05) is 36.8 Å². The molecule has 1 aromatic carbocycles. The second-order valence-corrected chi connectivity index (χ2v) is 7.56. The Kier molecular flexibility index (Phi) is 6.78. The minimum atomic E-state index is -0.961. The van der Waals surface area contributed by atoms with Gasteiger partial charge in [-0.2, -0.15) is 0 Å². The standard InChI is InChI=1S/C18H19NO4S2/c1-3-13-8-14(17(23)12-6-4-11(2)5-7-12)18(25-13)19-15(20)9-24-10-16(21)22/h4-8H,3,9-10H2,1-2H3,(H,19,20)(H,21,22). The van der Waals surface area contributed by atoms with Crippen molar-refractivity contribution in [2.45, 2.75) is 20.3 Å². The van der Waals surface area contributed by atoms with Gasteiger partial charge in [-0.05, 0) is 19.4 Å². The topological polar surface area (TPSA) is 83.5 Å². The number of nitrogens with one attached hydrogen (secondary N) is 1. The zero-order valence-corrected chi connectivity index (χ0v) is 15.6. The summed E-state index contributed by atoms with van der Waals surface area (Å²) in [6.45, 7) is 3.94. The minimum absolute atomic E-state index is 0.0316. The molecule has 0 saturated carbocycles. The maximum absolute atomic E-state index is 12.8. The molecule has 0 bridgehead atoms. The molecule has 5 nitrogen and oxygen atoms in total. The van der Waals surface area contributed by atoms with Gasteiger partial charge in [-0.15, -0.1) is 23.1 Å². The Labute approximate surface area is 154 Å². The molecule has 2 rings (SSSR count). The molecule has 0 spiro atoms. The highest BCUT2D eigenvalue weighted by molar-refractivity contribution is 8.00. The Balaban J connectivity index is 2.16. The van der Waals surface area contributed by atoms with E-state index in [9.17, 15) is 14.4 Å². The first-order valence-corrected chi connectivity index (χ1v) is 9.71. The van der Waals surface area contributed by atoms with E-state index in [4.69, 9.17) is 5.11 Å². The van der Waals surface area contributed by atoms with Crippen molar-refractivity contribution in [3.63, 3.8) is 0 Å². The fraction of sp³-hybridized carbons (Fsp3) is 0.278. The Bertz CT molecular complexity index is 781. The number of carboxylic acids is 1. The number of benzene rings is 1. The summed E-state index contributed by atoms with van der Waals surface area (Å²) >= 11 is 2.40. The number of carbonyl (C=O) groups excluding carboxylic acids is 2. The molecule has 1 heterocycles. The van der Waals surface area contributed by atoms with Crippen molar-refractivity contribution < 1.29 is 19.5 Å². The fourth-order valence-electron chi connectivity index (χ4n) is 2.13. The first kappa shape index (κ1) is 19.2. The summed E-state index contributed by atoms with van der Waals surface area (Å²) in [4.78, 5) is 36.3. The van der Waals surface area contributed by atoms with Crippen LogP contribution in [0.5, 0.6) is 0 Å². The number of thioether (sulfide) groups is 1. The predicted octanol–water partition coefficient (Wildman–Crippen LogP) is 3.61. The lowest BCUT2D eigenvalue weighted by atomic mass is 10.0. The molecular formula is C18H19NO4S2. The molecule has 0 unspecified atom stereocenters. The van der Waals surface area contributed by atoms with Gasteiger partial charge in [0.2, 0.25) is 5.91 Å². The maximum Gasteiger partial charge on any atom is 0.313 e. The van der Waals surface area contributed by atoms with Crippen molar-refractivity contribution in [1.82, 2.24) is 0 Å². The van der Waals surface area contributed by atoms with Crippen LogP contribution in [0.4, 0.5) is 5.00 Å². The lowest BCUT2D eigenvalue weighted by molar-refractivity contribution is -0.133. The normalized spacial score (nSPS) is 10.5. The van der Waals surface area contributed by atoms with Crippen LogP contribution < -0.4 is 5.32 Å². The van der Waals surface area contributed by atoms with Crippen molar-refractivity contribution in [3.8, 4) is 0 Å². The highest BCUT2D eigenvalue weighted by Crippen LogP contribution is 2.30. The van der Waals surface area contributed by atoms with Gasteiger partial charge in [0.15, 0.2) is 5.78 Å². The number of ketones is 1. The van der Waals surface area contributed by atoms with E-state index in [1.54, 1.807) is 12.1 Å². The van der Waals surface area contributed by atoms with E-state index in [2.05, 4.69) is 5.32 Å². The molecular weight excluding hydrogens is 358 g/mol. The molecule has 0 aliphatic carbocycles.